The molecule has 5 nitrogen and oxygen atoms in total. The van der Waals surface area contributed by atoms with E-state index in [1.807, 2.05) is 0 Å². The van der Waals surface area contributed by atoms with E-state index in [-0.39, 0.29) is 6.47 Å². The van der Waals surface area contributed by atoms with Crippen LogP contribution in [0.3, 0.4) is 0 Å². The molecule has 9 heavy (non-hydrogen) atoms. The highest BCUT2D eigenvalue weighted by Crippen LogP contribution is 1.42. The molecule has 0 atom stereocenters. The van der Waals surface area contributed by atoms with Crippen LogP contribution >= 0.6 is 0 Å². The Balaban J connectivity index is -0.0000000646. The first-order chi connectivity index (χ1) is 4.15. The quantitative estimate of drug-likeness (QED) is 0.337. The molecule has 0 saturated carbocycles. The van der Waals surface area contributed by atoms with Crippen LogP contribution in [0.2, 0.25) is 0 Å². The lowest BCUT2D eigenvalue weighted by atomic mass is 11.3. The number of hydrogen-bond donors (Lipinski definition) is 3. The molecule has 0 aromatic carbocycles. The van der Waals surface area contributed by atoms with E-state index in [4.69, 9.17) is 24.9 Å². The van der Waals surface area contributed by atoms with Gasteiger partial charge in [0.05, 0.1) is 0 Å². The standard InChI is InChI=1S/C2H4.CH2O3.CH2O2/c1-2;2-1(3)4;2-1-3/h1-2H2;(H2,2,3,4);1H,(H,2,3). The Morgan fingerprint density at radius 3 is 1.33 bits per heavy atom. The maximum Gasteiger partial charge on any atom is 0.503 e. The molecule has 0 bridgehead atoms. The SMILES string of the molecule is C=C.O=C(O)O.O=CO. The zero-order valence-electron chi connectivity index (χ0n) is 4.65. The van der Waals surface area contributed by atoms with Crippen molar-refractivity contribution in [1.82, 2.24) is 0 Å². The maximum atomic E-state index is 8.56. The third-order valence-corrected chi connectivity index (χ3v) is 0. The summed E-state index contributed by atoms with van der Waals surface area (Å²) in [5.41, 5.74) is 0. The molecule has 5 heteroatoms. The third-order valence-electron chi connectivity index (χ3n) is 0. The fraction of sp³-hybridized carbons (Fsp3) is 0. The molecule has 0 aromatic heterocycles. The second kappa shape index (κ2) is 31.6. The predicted octanol–water partition coefficient (Wildman–Crippen LogP) is 0.725. The molecule has 0 radical (unpaired) electrons. The molecule has 0 aromatic rings. The van der Waals surface area contributed by atoms with Gasteiger partial charge in [-0.1, -0.05) is 0 Å². The summed E-state index contributed by atoms with van der Waals surface area (Å²) in [5, 5.41) is 20.8. The van der Waals surface area contributed by atoms with Crippen LogP contribution in [-0.4, -0.2) is 27.9 Å². The molecular weight excluding hydrogens is 128 g/mol. The maximum absolute atomic E-state index is 8.56. The second-order valence-corrected chi connectivity index (χ2v) is 0.388. The summed E-state index contributed by atoms with van der Waals surface area (Å²) in [6.07, 6.45) is -1.83. The third kappa shape index (κ3) is 56.3. The van der Waals surface area contributed by atoms with Gasteiger partial charge in [-0.25, -0.2) is 4.79 Å². The predicted molar refractivity (Wildman–Crippen MR) is 30.6 cm³/mol. The van der Waals surface area contributed by atoms with Gasteiger partial charge in [0.15, 0.2) is 0 Å². The molecule has 54 valence electrons. The van der Waals surface area contributed by atoms with E-state index >= 15 is 0 Å². The fourth-order valence-corrected chi connectivity index (χ4v) is 0. The van der Waals surface area contributed by atoms with Crippen molar-refractivity contribution in [2.45, 2.75) is 0 Å². The van der Waals surface area contributed by atoms with Crippen LogP contribution in [0.25, 0.3) is 0 Å². The minimum absolute atomic E-state index is 0.250. The molecule has 0 aliphatic heterocycles. The summed E-state index contributed by atoms with van der Waals surface area (Å²) in [5.74, 6) is 0. The van der Waals surface area contributed by atoms with Crippen molar-refractivity contribution in [1.29, 1.82) is 0 Å². The Bertz CT molecular complexity index is 65.4. The molecule has 0 fully saturated rings. The molecule has 0 heterocycles. The van der Waals surface area contributed by atoms with Gasteiger partial charge >= 0.3 is 6.16 Å². The Morgan fingerprint density at radius 2 is 1.33 bits per heavy atom. The van der Waals surface area contributed by atoms with E-state index in [2.05, 4.69) is 13.2 Å². The lowest BCUT2D eigenvalue weighted by Gasteiger charge is -1.60. The Morgan fingerprint density at radius 1 is 1.33 bits per heavy atom. The van der Waals surface area contributed by atoms with E-state index in [9.17, 15) is 0 Å². The Labute approximate surface area is 51.9 Å². The van der Waals surface area contributed by atoms with Crippen molar-refractivity contribution in [2.75, 3.05) is 0 Å². The van der Waals surface area contributed by atoms with E-state index in [0.29, 0.717) is 0 Å². The average molecular weight is 136 g/mol. The first kappa shape index (κ1) is 15.6. The van der Waals surface area contributed by atoms with Gasteiger partial charge in [0, 0.05) is 0 Å². The second-order valence-electron chi connectivity index (χ2n) is 0.388. The van der Waals surface area contributed by atoms with E-state index in [1.165, 1.54) is 0 Å². The largest absolute Gasteiger partial charge is 0.503 e. The number of carboxylic acid groups (broad SMARTS) is 3. The topological polar surface area (TPSA) is 94.8 Å². The van der Waals surface area contributed by atoms with E-state index in [1.54, 1.807) is 0 Å². The van der Waals surface area contributed by atoms with Gasteiger partial charge in [-0.15, -0.1) is 13.2 Å². The summed E-state index contributed by atoms with van der Waals surface area (Å²) in [6, 6.07) is 0. The monoisotopic (exact) mass is 136 g/mol. The summed E-state index contributed by atoms with van der Waals surface area (Å²) in [6.45, 7) is 5.75. The van der Waals surface area contributed by atoms with Crippen molar-refractivity contribution < 1.29 is 24.9 Å². The molecule has 0 amide bonds. The molecular formula is C4H8O5. The van der Waals surface area contributed by atoms with Crippen LogP contribution in [0, 0.1) is 0 Å². The zero-order valence-corrected chi connectivity index (χ0v) is 4.65. The van der Waals surface area contributed by atoms with Gasteiger partial charge in [-0.3, -0.25) is 4.79 Å². The molecule has 0 unspecified atom stereocenters. The molecule has 0 saturated heterocycles. The summed E-state index contributed by atoms with van der Waals surface area (Å²) in [7, 11) is 0. The van der Waals surface area contributed by atoms with Crippen molar-refractivity contribution in [3.63, 3.8) is 0 Å². The van der Waals surface area contributed by atoms with Crippen LogP contribution in [0.1, 0.15) is 0 Å². The smallest absolute Gasteiger partial charge is 0.483 e. The van der Waals surface area contributed by atoms with Crippen molar-refractivity contribution in [3.8, 4) is 0 Å². The molecule has 0 aliphatic rings. The number of hydrogen-bond acceptors (Lipinski definition) is 2. The number of rotatable bonds is 0. The number of carbonyl (C=O) groups is 2. The average Bonchev–Trinajstić information content (AvgIpc) is 1.71. The first-order valence-corrected chi connectivity index (χ1v) is 1.65. The Hall–Kier alpha value is -1.52. The van der Waals surface area contributed by atoms with Gasteiger partial charge < -0.3 is 15.3 Å². The summed E-state index contributed by atoms with van der Waals surface area (Å²) >= 11 is 0. The van der Waals surface area contributed by atoms with Crippen LogP contribution < -0.4 is 0 Å². The zero-order chi connectivity index (χ0) is 8.28. The lowest BCUT2D eigenvalue weighted by molar-refractivity contribution is -0.122. The van der Waals surface area contributed by atoms with Gasteiger partial charge in [0.2, 0.25) is 0 Å². The van der Waals surface area contributed by atoms with Crippen LogP contribution in [0.4, 0.5) is 4.79 Å². The molecule has 3 N–H and O–H groups in total. The van der Waals surface area contributed by atoms with Gasteiger partial charge in [0.1, 0.15) is 0 Å². The fourth-order valence-electron chi connectivity index (χ4n) is 0. The molecule has 0 rings (SSSR count). The van der Waals surface area contributed by atoms with E-state index < -0.39 is 6.16 Å². The van der Waals surface area contributed by atoms with Crippen molar-refractivity contribution >= 4 is 12.6 Å². The van der Waals surface area contributed by atoms with Crippen molar-refractivity contribution in [3.05, 3.63) is 13.2 Å². The first-order valence-electron chi connectivity index (χ1n) is 1.65. The Kier molecular flexibility index (Phi) is 55.0. The summed E-state index contributed by atoms with van der Waals surface area (Å²) < 4.78 is 0. The highest BCUT2D eigenvalue weighted by atomic mass is 16.6. The molecule has 0 aliphatic carbocycles. The van der Waals surface area contributed by atoms with Gasteiger partial charge in [-0.2, -0.15) is 0 Å². The van der Waals surface area contributed by atoms with Crippen molar-refractivity contribution in [2.24, 2.45) is 0 Å². The lowest BCUT2D eigenvalue weighted by Crippen LogP contribution is -1.81. The van der Waals surface area contributed by atoms with E-state index in [0.717, 1.165) is 0 Å². The van der Waals surface area contributed by atoms with Crippen LogP contribution in [0.15, 0.2) is 13.2 Å². The van der Waals surface area contributed by atoms with Crippen LogP contribution in [-0.2, 0) is 4.79 Å². The minimum atomic E-state index is -1.83. The van der Waals surface area contributed by atoms with Gasteiger partial charge in [0.25, 0.3) is 6.47 Å². The normalized spacial score (nSPS) is 4.44. The van der Waals surface area contributed by atoms with Gasteiger partial charge in [-0.05, 0) is 0 Å². The summed E-state index contributed by atoms with van der Waals surface area (Å²) in [4.78, 5) is 16.9. The molecule has 0 spiro atoms. The highest BCUT2D eigenvalue weighted by Gasteiger charge is 1.70. The highest BCUT2D eigenvalue weighted by molar-refractivity contribution is 5.53. The van der Waals surface area contributed by atoms with Crippen LogP contribution in [0.5, 0.6) is 0 Å². The minimum Gasteiger partial charge on any atom is -0.483 e.